The van der Waals surface area contributed by atoms with Crippen LogP contribution in [0.5, 0.6) is 0 Å². The predicted molar refractivity (Wildman–Crippen MR) is 140 cm³/mol. The minimum Gasteiger partial charge on any atom is -0.0883 e. The van der Waals surface area contributed by atoms with Crippen LogP contribution in [0.15, 0.2) is 12.2 Å². The number of hydrogen-bond acceptors (Lipinski definition) is 0. The van der Waals surface area contributed by atoms with Gasteiger partial charge in [-0.15, -0.1) is 0 Å². The van der Waals surface area contributed by atoms with E-state index in [4.69, 9.17) is 0 Å². The van der Waals surface area contributed by atoms with Crippen LogP contribution in [0.3, 0.4) is 0 Å². The zero-order valence-corrected chi connectivity index (χ0v) is 21.7. The zero-order chi connectivity index (χ0) is 22.0. The molecule has 0 aliphatic heterocycles. The molecule has 0 aliphatic carbocycles. The van der Waals surface area contributed by atoms with Gasteiger partial charge in [0.05, 0.1) is 0 Å². The van der Waals surface area contributed by atoms with Gasteiger partial charge in [0, 0.05) is 0 Å². The van der Waals surface area contributed by atoms with Crippen molar-refractivity contribution in [3.05, 3.63) is 12.2 Å². The van der Waals surface area contributed by atoms with Crippen molar-refractivity contribution in [2.24, 2.45) is 5.92 Å². The van der Waals surface area contributed by atoms with Crippen molar-refractivity contribution in [2.45, 2.75) is 175 Å². The maximum Gasteiger partial charge on any atom is -0.0262 e. The van der Waals surface area contributed by atoms with Crippen LogP contribution in [0.4, 0.5) is 0 Å². The lowest BCUT2D eigenvalue weighted by Gasteiger charge is -2.06. The number of unbranched alkanes of at least 4 members (excludes halogenated alkanes) is 21. The Morgan fingerprint density at radius 3 is 1.17 bits per heavy atom. The summed E-state index contributed by atoms with van der Waals surface area (Å²) < 4.78 is 0. The van der Waals surface area contributed by atoms with Gasteiger partial charge in [-0.2, -0.15) is 0 Å². The lowest BCUT2D eigenvalue weighted by molar-refractivity contribution is 0.515. The molecule has 0 spiro atoms. The molecule has 0 saturated heterocycles. The molecule has 0 aromatic heterocycles. The first-order chi connectivity index (χ1) is 14.8. The van der Waals surface area contributed by atoms with Crippen LogP contribution in [-0.4, -0.2) is 0 Å². The molecule has 0 aliphatic rings. The first-order valence-corrected chi connectivity index (χ1v) is 14.5. The van der Waals surface area contributed by atoms with Crippen LogP contribution in [0.1, 0.15) is 175 Å². The third-order valence-electron chi connectivity index (χ3n) is 6.70. The van der Waals surface area contributed by atoms with Crippen LogP contribution in [0.25, 0.3) is 0 Å². The SMILES string of the molecule is CCCCCCCC=CC(C)CCCCCCCCCCCCCCCCCCC. The minimum atomic E-state index is 0.789. The summed E-state index contributed by atoms with van der Waals surface area (Å²) in [6.07, 6.45) is 39.5. The average Bonchev–Trinajstić information content (AvgIpc) is 2.75. The summed E-state index contributed by atoms with van der Waals surface area (Å²) in [5, 5.41) is 0. The molecule has 0 amide bonds. The van der Waals surface area contributed by atoms with Crippen molar-refractivity contribution in [1.29, 1.82) is 0 Å². The Bertz CT molecular complexity index is 316. The quantitative estimate of drug-likeness (QED) is 0.102. The third kappa shape index (κ3) is 25.8. The van der Waals surface area contributed by atoms with Gasteiger partial charge in [0.25, 0.3) is 0 Å². The molecule has 1 unspecified atom stereocenters. The highest BCUT2D eigenvalue weighted by atomic mass is 14.0. The first-order valence-electron chi connectivity index (χ1n) is 14.5. The monoisotopic (exact) mass is 420 g/mol. The maximum absolute atomic E-state index is 2.48. The lowest BCUT2D eigenvalue weighted by Crippen LogP contribution is -1.90. The molecule has 0 bridgehead atoms. The molecular formula is C30H60. The summed E-state index contributed by atoms with van der Waals surface area (Å²) in [5.74, 6) is 0.789. The Labute approximate surface area is 193 Å². The van der Waals surface area contributed by atoms with E-state index >= 15 is 0 Å². The summed E-state index contributed by atoms with van der Waals surface area (Å²) in [5.41, 5.74) is 0. The van der Waals surface area contributed by atoms with Gasteiger partial charge in [0.15, 0.2) is 0 Å². The van der Waals surface area contributed by atoms with Crippen molar-refractivity contribution in [3.8, 4) is 0 Å². The first kappa shape index (κ1) is 29.7. The van der Waals surface area contributed by atoms with E-state index in [1.54, 1.807) is 0 Å². The molecule has 0 nitrogen and oxygen atoms in total. The molecule has 30 heavy (non-hydrogen) atoms. The van der Waals surface area contributed by atoms with E-state index in [1.807, 2.05) is 0 Å². The van der Waals surface area contributed by atoms with E-state index in [2.05, 4.69) is 32.9 Å². The Morgan fingerprint density at radius 1 is 0.433 bits per heavy atom. The van der Waals surface area contributed by atoms with E-state index < -0.39 is 0 Å². The second-order valence-corrected chi connectivity index (χ2v) is 10.1. The summed E-state index contributed by atoms with van der Waals surface area (Å²) in [6.45, 7) is 7.00. The topological polar surface area (TPSA) is 0 Å². The Balaban J connectivity index is 3.16. The molecule has 0 aromatic carbocycles. The van der Waals surface area contributed by atoms with Crippen molar-refractivity contribution in [2.75, 3.05) is 0 Å². The highest BCUT2D eigenvalue weighted by molar-refractivity contribution is 4.86. The van der Waals surface area contributed by atoms with Gasteiger partial charge in [-0.3, -0.25) is 0 Å². The fourth-order valence-electron chi connectivity index (χ4n) is 4.48. The van der Waals surface area contributed by atoms with E-state index in [0.29, 0.717) is 0 Å². The van der Waals surface area contributed by atoms with Gasteiger partial charge in [-0.1, -0.05) is 168 Å². The zero-order valence-electron chi connectivity index (χ0n) is 21.7. The number of hydrogen-bond donors (Lipinski definition) is 0. The molecule has 0 fully saturated rings. The van der Waals surface area contributed by atoms with Gasteiger partial charge in [0.2, 0.25) is 0 Å². The van der Waals surface area contributed by atoms with Crippen LogP contribution in [0.2, 0.25) is 0 Å². The molecule has 0 aromatic rings. The molecule has 1 atom stereocenters. The van der Waals surface area contributed by atoms with Crippen LogP contribution in [0, 0.1) is 5.92 Å². The average molecular weight is 421 g/mol. The van der Waals surface area contributed by atoms with E-state index in [1.165, 1.54) is 154 Å². The van der Waals surface area contributed by atoms with Gasteiger partial charge in [-0.05, 0) is 25.2 Å². The Hall–Kier alpha value is -0.260. The molecule has 0 radical (unpaired) electrons. The third-order valence-corrected chi connectivity index (χ3v) is 6.70. The van der Waals surface area contributed by atoms with Crippen LogP contribution in [-0.2, 0) is 0 Å². The molecule has 0 N–H and O–H groups in total. The highest BCUT2D eigenvalue weighted by Gasteiger charge is 1.98. The fraction of sp³-hybridized carbons (Fsp3) is 0.933. The molecule has 180 valence electrons. The van der Waals surface area contributed by atoms with E-state index in [-0.39, 0.29) is 0 Å². The van der Waals surface area contributed by atoms with Crippen LogP contribution >= 0.6 is 0 Å². The van der Waals surface area contributed by atoms with Crippen molar-refractivity contribution >= 4 is 0 Å². The van der Waals surface area contributed by atoms with Gasteiger partial charge >= 0.3 is 0 Å². The summed E-state index contributed by atoms with van der Waals surface area (Å²) in [7, 11) is 0. The van der Waals surface area contributed by atoms with Gasteiger partial charge in [-0.25, -0.2) is 0 Å². The Morgan fingerprint density at radius 2 is 0.767 bits per heavy atom. The van der Waals surface area contributed by atoms with Gasteiger partial charge < -0.3 is 0 Å². The molecule has 0 rings (SSSR count). The normalized spacial score (nSPS) is 12.8. The van der Waals surface area contributed by atoms with E-state index in [9.17, 15) is 0 Å². The maximum atomic E-state index is 2.48. The summed E-state index contributed by atoms with van der Waals surface area (Å²) in [6, 6.07) is 0. The summed E-state index contributed by atoms with van der Waals surface area (Å²) in [4.78, 5) is 0. The van der Waals surface area contributed by atoms with Gasteiger partial charge in [0.1, 0.15) is 0 Å². The number of rotatable bonds is 25. The fourth-order valence-corrected chi connectivity index (χ4v) is 4.48. The molecular weight excluding hydrogens is 360 g/mol. The molecule has 0 heterocycles. The van der Waals surface area contributed by atoms with Crippen molar-refractivity contribution in [1.82, 2.24) is 0 Å². The highest BCUT2D eigenvalue weighted by Crippen LogP contribution is 2.16. The molecule has 0 saturated carbocycles. The largest absolute Gasteiger partial charge is 0.0883 e. The standard InChI is InChI=1S/C30H60/c1-4-6-8-10-12-13-14-15-16-17-18-19-20-21-23-25-27-29-30(3)28-26-24-22-11-9-7-5-2/h26,28,30H,4-25,27,29H2,1-3H3. The van der Waals surface area contributed by atoms with Crippen LogP contribution < -0.4 is 0 Å². The smallest absolute Gasteiger partial charge is 0.0262 e. The van der Waals surface area contributed by atoms with E-state index in [0.717, 1.165) is 5.92 Å². The predicted octanol–water partition coefficient (Wildman–Crippen LogP) is 11.6. The minimum absolute atomic E-state index is 0.789. The lowest BCUT2D eigenvalue weighted by atomic mass is 10.00. The van der Waals surface area contributed by atoms with Crippen molar-refractivity contribution < 1.29 is 0 Å². The second-order valence-electron chi connectivity index (χ2n) is 10.1. The second kappa shape index (κ2) is 26.8. The van der Waals surface area contributed by atoms with Crippen molar-refractivity contribution in [3.63, 3.8) is 0 Å². The summed E-state index contributed by atoms with van der Waals surface area (Å²) >= 11 is 0. The Kier molecular flexibility index (Phi) is 26.5. The molecule has 0 heteroatoms. The number of allylic oxidation sites excluding steroid dienone is 2.